The first-order valence-electron chi connectivity index (χ1n) is 16.0. The second-order valence-corrected chi connectivity index (χ2v) is 11.8. The number of nitrogens with one attached hydrogen (secondary N) is 3. The molecule has 1 aliphatic carbocycles. The highest BCUT2D eigenvalue weighted by atomic mass is 16.6. The Kier molecular flexibility index (Phi) is 14.2. The summed E-state index contributed by atoms with van der Waals surface area (Å²) < 4.78 is 32.2. The molecule has 240 valence electrons. The van der Waals surface area contributed by atoms with Gasteiger partial charge in [0.25, 0.3) is 0 Å². The van der Waals surface area contributed by atoms with E-state index in [0.717, 1.165) is 71.2 Å². The van der Waals surface area contributed by atoms with E-state index in [2.05, 4.69) is 16.0 Å². The van der Waals surface area contributed by atoms with E-state index in [1.807, 2.05) is 0 Å². The van der Waals surface area contributed by atoms with Crippen LogP contribution in [0.1, 0.15) is 64.2 Å². The van der Waals surface area contributed by atoms with E-state index in [0.29, 0.717) is 72.1 Å². The van der Waals surface area contributed by atoms with Crippen LogP contribution in [0.25, 0.3) is 0 Å². The fourth-order valence-electron chi connectivity index (χ4n) is 5.35. The van der Waals surface area contributed by atoms with Crippen molar-refractivity contribution < 1.29 is 42.8 Å². The lowest BCUT2D eigenvalue weighted by Crippen LogP contribution is -2.60. The minimum absolute atomic E-state index is 0.223. The second kappa shape index (κ2) is 18.1. The Labute approximate surface area is 249 Å². The molecule has 0 aromatic carbocycles. The highest BCUT2D eigenvalue weighted by Crippen LogP contribution is 2.42. The van der Waals surface area contributed by atoms with Crippen LogP contribution in [0, 0.1) is 11.3 Å². The monoisotopic (exact) mass is 597 g/mol. The SMILES string of the molecule is O=C(NCCCCOCC1CO1)C1CCCCC1(C(=O)NCCCCOCC1CO1)C(=O)NCCCCOCC1CO1. The lowest BCUT2D eigenvalue weighted by Gasteiger charge is -2.40. The van der Waals surface area contributed by atoms with Crippen molar-refractivity contribution in [2.75, 3.05) is 79.1 Å². The molecule has 0 spiro atoms. The van der Waals surface area contributed by atoms with Crippen LogP contribution in [-0.4, -0.2) is 115 Å². The molecule has 4 unspecified atom stereocenters. The molecule has 0 bridgehead atoms. The summed E-state index contributed by atoms with van der Waals surface area (Å²) in [6, 6.07) is 0. The normalized spacial score (nSPS) is 27.7. The molecule has 3 heterocycles. The van der Waals surface area contributed by atoms with Gasteiger partial charge in [-0.05, 0) is 51.4 Å². The van der Waals surface area contributed by atoms with E-state index in [9.17, 15) is 14.4 Å². The third-order valence-corrected chi connectivity index (χ3v) is 8.17. The van der Waals surface area contributed by atoms with Crippen LogP contribution < -0.4 is 16.0 Å². The molecule has 3 aliphatic heterocycles. The molecular formula is C30H51N3O9. The van der Waals surface area contributed by atoms with E-state index in [1.165, 1.54) is 0 Å². The van der Waals surface area contributed by atoms with Gasteiger partial charge in [0.2, 0.25) is 17.7 Å². The van der Waals surface area contributed by atoms with Crippen LogP contribution in [0.15, 0.2) is 0 Å². The Hall–Kier alpha value is -1.83. The van der Waals surface area contributed by atoms with Gasteiger partial charge in [-0.1, -0.05) is 12.8 Å². The zero-order valence-electron chi connectivity index (χ0n) is 25.0. The molecule has 3 N–H and O–H groups in total. The summed E-state index contributed by atoms with van der Waals surface area (Å²) >= 11 is 0. The first-order chi connectivity index (χ1) is 20.6. The summed E-state index contributed by atoms with van der Waals surface area (Å²) in [6.07, 6.45) is 7.73. The van der Waals surface area contributed by atoms with Crippen LogP contribution in [0.4, 0.5) is 0 Å². The van der Waals surface area contributed by atoms with Crippen LogP contribution >= 0.6 is 0 Å². The molecule has 3 amide bonds. The molecule has 1 saturated carbocycles. The number of amides is 3. The molecule has 4 fully saturated rings. The van der Waals surface area contributed by atoms with Gasteiger partial charge in [0.15, 0.2) is 0 Å². The van der Waals surface area contributed by atoms with Crippen LogP contribution in [0.3, 0.4) is 0 Å². The second-order valence-electron chi connectivity index (χ2n) is 11.8. The van der Waals surface area contributed by atoms with Gasteiger partial charge in [-0.15, -0.1) is 0 Å². The zero-order valence-corrected chi connectivity index (χ0v) is 25.0. The van der Waals surface area contributed by atoms with Crippen LogP contribution in [0.5, 0.6) is 0 Å². The van der Waals surface area contributed by atoms with Crippen molar-refractivity contribution in [1.82, 2.24) is 16.0 Å². The minimum Gasteiger partial charge on any atom is -0.379 e. The molecule has 4 atom stereocenters. The first kappa shape index (κ1) is 33.1. The van der Waals surface area contributed by atoms with Crippen molar-refractivity contribution >= 4 is 17.7 Å². The molecule has 42 heavy (non-hydrogen) atoms. The maximum Gasteiger partial charge on any atom is 0.236 e. The largest absolute Gasteiger partial charge is 0.379 e. The van der Waals surface area contributed by atoms with Crippen molar-refractivity contribution in [3.63, 3.8) is 0 Å². The van der Waals surface area contributed by atoms with Crippen molar-refractivity contribution in [2.45, 2.75) is 82.5 Å². The van der Waals surface area contributed by atoms with Gasteiger partial charge in [0.1, 0.15) is 23.7 Å². The van der Waals surface area contributed by atoms with Crippen LogP contribution in [-0.2, 0) is 42.8 Å². The molecule has 0 radical (unpaired) electrons. The summed E-state index contributed by atoms with van der Waals surface area (Å²) in [6.45, 7) is 7.30. The third-order valence-electron chi connectivity index (χ3n) is 8.17. The molecule has 12 nitrogen and oxygen atoms in total. The van der Waals surface area contributed by atoms with Gasteiger partial charge >= 0.3 is 0 Å². The highest BCUT2D eigenvalue weighted by molar-refractivity contribution is 6.09. The number of hydrogen-bond donors (Lipinski definition) is 3. The minimum atomic E-state index is -1.42. The Bertz CT molecular complexity index is 795. The lowest BCUT2D eigenvalue weighted by atomic mass is 9.64. The number of unbranched alkanes of at least 4 members (excludes halogenated alkanes) is 3. The Morgan fingerprint density at radius 2 is 1.05 bits per heavy atom. The van der Waals surface area contributed by atoms with Crippen molar-refractivity contribution in [3.8, 4) is 0 Å². The average Bonchev–Trinajstić information content (AvgIpc) is 3.84. The van der Waals surface area contributed by atoms with Crippen molar-refractivity contribution in [1.29, 1.82) is 0 Å². The molecule has 0 aromatic heterocycles. The predicted molar refractivity (Wildman–Crippen MR) is 153 cm³/mol. The van der Waals surface area contributed by atoms with Gasteiger partial charge in [-0.2, -0.15) is 0 Å². The maximum atomic E-state index is 13.8. The Morgan fingerprint density at radius 1 is 0.619 bits per heavy atom. The van der Waals surface area contributed by atoms with Gasteiger partial charge in [0.05, 0.1) is 45.6 Å². The van der Waals surface area contributed by atoms with Crippen molar-refractivity contribution in [2.24, 2.45) is 11.3 Å². The predicted octanol–water partition coefficient (Wildman–Crippen LogP) is 1.10. The highest BCUT2D eigenvalue weighted by Gasteiger charge is 2.55. The Morgan fingerprint density at radius 3 is 1.48 bits per heavy atom. The molecule has 4 aliphatic rings. The number of carbonyl (C=O) groups excluding carboxylic acids is 3. The number of carbonyl (C=O) groups is 3. The molecule has 0 aromatic rings. The molecule has 3 saturated heterocycles. The smallest absolute Gasteiger partial charge is 0.236 e. The maximum absolute atomic E-state index is 13.8. The van der Waals surface area contributed by atoms with E-state index in [-0.39, 0.29) is 36.0 Å². The van der Waals surface area contributed by atoms with Gasteiger partial charge < -0.3 is 44.4 Å². The quantitative estimate of drug-likeness (QED) is 0.0844. The lowest BCUT2D eigenvalue weighted by molar-refractivity contribution is -0.156. The fourth-order valence-corrected chi connectivity index (χ4v) is 5.35. The standard InChI is InChI=1S/C30H51N3O9/c34-27(31-11-3-6-14-37-17-23-20-40-23)26-9-1-2-10-30(26,28(35)32-12-4-7-15-38-18-24-21-41-24)29(36)33-13-5-8-16-39-19-25-22-42-25/h23-26H,1-22H2,(H,31,34)(H,32,35)(H,33,36). The summed E-state index contributed by atoms with van der Waals surface area (Å²) in [5, 5.41) is 8.99. The van der Waals surface area contributed by atoms with E-state index in [4.69, 9.17) is 28.4 Å². The Balaban J connectivity index is 1.24. The fraction of sp³-hybridized carbons (Fsp3) is 0.900. The van der Waals surface area contributed by atoms with E-state index >= 15 is 0 Å². The summed E-state index contributed by atoms with van der Waals surface area (Å²) in [5.41, 5.74) is -1.42. The zero-order chi connectivity index (χ0) is 29.5. The number of epoxide rings is 3. The number of rotatable bonds is 24. The van der Waals surface area contributed by atoms with Gasteiger partial charge in [-0.3, -0.25) is 14.4 Å². The number of hydrogen-bond acceptors (Lipinski definition) is 9. The summed E-state index contributed by atoms with van der Waals surface area (Å²) in [5.74, 6) is -1.64. The first-order valence-corrected chi connectivity index (χ1v) is 16.0. The van der Waals surface area contributed by atoms with E-state index in [1.54, 1.807) is 0 Å². The number of ether oxygens (including phenoxy) is 6. The van der Waals surface area contributed by atoms with Crippen molar-refractivity contribution in [3.05, 3.63) is 0 Å². The van der Waals surface area contributed by atoms with Gasteiger partial charge in [-0.25, -0.2) is 0 Å². The van der Waals surface area contributed by atoms with E-state index < -0.39 is 11.3 Å². The topological polar surface area (TPSA) is 153 Å². The average molecular weight is 598 g/mol. The third kappa shape index (κ3) is 11.7. The van der Waals surface area contributed by atoms with Crippen LogP contribution in [0.2, 0.25) is 0 Å². The molecular weight excluding hydrogens is 546 g/mol. The molecule has 12 heteroatoms. The molecule has 4 rings (SSSR count). The summed E-state index contributed by atoms with van der Waals surface area (Å²) in [4.78, 5) is 41.0. The summed E-state index contributed by atoms with van der Waals surface area (Å²) in [7, 11) is 0. The van der Waals surface area contributed by atoms with Gasteiger partial charge in [0, 0.05) is 39.5 Å².